The van der Waals surface area contributed by atoms with Crippen LogP contribution in [0.1, 0.15) is 11.5 Å². The molecule has 3 aromatic rings. The highest BCUT2D eigenvalue weighted by Crippen LogP contribution is 2.24. The monoisotopic (exact) mass is 241 g/mol. The predicted octanol–water partition coefficient (Wildman–Crippen LogP) is 1.73. The molecule has 0 radical (unpaired) electrons. The molecule has 0 spiro atoms. The second-order valence-corrected chi connectivity index (χ2v) is 4.41. The molecule has 0 atom stereocenters. The number of aromatic amines is 1. The second-order valence-electron chi connectivity index (χ2n) is 4.41. The number of H-pyrrole nitrogens is 1. The quantitative estimate of drug-likeness (QED) is 0.717. The molecule has 3 rings (SSSR count). The van der Waals surface area contributed by atoms with Gasteiger partial charge in [-0.15, -0.1) is 0 Å². The minimum absolute atomic E-state index is 0.455. The van der Waals surface area contributed by atoms with Gasteiger partial charge in [0.25, 0.3) is 0 Å². The number of aromatic nitrogens is 4. The summed E-state index contributed by atoms with van der Waals surface area (Å²) in [5, 5.41) is 0. The number of rotatable bonds is 2. The van der Waals surface area contributed by atoms with Crippen LogP contribution < -0.4 is 5.73 Å². The third-order valence-corrected chi connectivity index (χ3v) is 3.10. The molecule has 18 heavy (non-hydrogen) atoms. The van der Waals surface area contributed by atoms with Gasteiger partial charge in [-0.1, -0.05) is 6.07 Å². The molecular weight excluding hydrogens is 226 g/mol. The summed E-state index contributed by atoms with van der Waals surface area (Å²) in [5.74, 6) is 0.881. The highest BCUT2D eigenvalue weighted by atomic mass is 15.0. The van der Waals surface area contributed by atoms with E-state index in [1.54, 1.807) is 0 Å². The Hall–Kier alpha value is -2.14. The summed E-state index contributed by atoms with van der Waals surface area (Å²) in [6.07, 6.45) is 1.81. The summed E-state index contributed by atoms with van der Waals surface area (Å²) in [5.41, 5.74) is 10.7. The molecule has 0 aliphatic heterocycles. The third-order valence-electron chi connectivity index (χ3n) is 3.10. The van der Waals surface area contributed by atoms with Crippen molar-refractivity contribution in [1.82, 2.24) is 19.5 Å². The summed E-state index contributed by atoms with van der Waals surface area (Å²) in [4.78, 5) is 12.0. The van der Waals surface area contributed by atoms with Crippen LogP contribution in [-0.2, 0) is 13.6 Å². The average Bonchev–Trinajstić information content (AvgIpc) is 2.93. The number of hydrogen-bond donors (Lipinski definition) is 2. The van der Waals surface area contributed by atoms with Crippen LogP contribution >= 0.6 is 0 Å². The van der Waals surface area contributed by atoms with Gasteiger partial charge in [0.15, 0.2) is 0 Å². The Bertz CT molecular complexity index is 707. The van der Waals surface area contributed by atoms with E-state index < -0.39 is 0 Å². The first-order chi connectivity index (χ1) is 8.69. The first kappa shape index (κ1) is 11.0. The standard InChI is InChI=1S/C13H15N5/c1-8-16-11(6-14)13(17-8)9-3-4-12-10(5-9)15-7-18(12)2/h3-5,7H,6,14H2,1-2H3,(H,16,17). The molecular formula is C13H15N5. The lowest BCUT2D eigenvalue weighted by molar-refractivity contribution is 0.948. The summed E-state index contributed by atoms with van der Waals surface area (Å²) in [7, 11) is 1.99. The molecule has 3 N–H and O–H groups in total. The number of nitrogens with one attached hydrogen (secondary N) is 1. The van der Waals surface area contributed by atoms with Crippen LogP contribution in [0.5, 0.6) is 0 Å². The van der Waals surface area contributed by atoms with Crippen molar-refractivity contribution in [3.05, 3.63) is 36.0 Å². The molecule has 0 bridgehead atoms. The Balaban J connectivity index is 2.18. The molecule has 0 unspecified atom stereocenters. The maximum atomic E-state index is 5.73. The molecule has 0 aliphatic carbocycles. The Morgan fingerprint density at radius 1 is 1.39 bits per heavy atom. The molecule has 5 heteroatoms. The van der Waals surface area contributed by atoms with Gasteiger partial charge in [-0.05, 0) is 19.1 Å². The molecule has 1 aromatic carbocycles. The number of nitrogens with zero attached hydrogens (tertiary/aromatic N) is 3. The van der Waals surface area contributed by atoms with Crippen molar-refractivity contribution >= 4 is 11.0 Å². The fourth-order valence-corrected chi connectivity index (χ4v) is 2.21. The number of fused-ring (bicyclic) bond motifs is 1. The van der Waals surface area contributed by atoms with Crippen LogP contribution in [-0.4, -0.2) is 19.5 Å². The lowest BCUT2D eigenvalue weighted by Gasteiger charge is -2.01. The lowest BCUT2D eigenvalue weighted by atomic mass is 10.1. The normalized spacial score (nSPS) is 11.3. The van der Waals surface area contributed by atoms with Gasteiger partial charge in [-0.2, -0.15) is 0 Å². The van der Waals surface area contributed by atoms with Crippen molar-refractivity contribution in [2.75, 3.05) is 0 Å². The van der Waals surface area contributed by atoms with Crippen molar-refractivity contribution in [2.24, 2.45) is 12.8 Å². The van der Waals surface area contributed by atoms with Gasteiger partial charge in [0, 0.05) is 19.2 Å². The first-order valence-corrected chi connectivity index (χ1v) is 5.86. The summed E-state index contributed by atoms with van der Waals surface area (Å²) < 4.78 is 2.00. The van der Waals surface area contributed by atoms with Crippen LogP contribution in [0.15, 0.2) is 24.5 Å². The van der Waals surface area contributed by atoms with Crippen LogP contribution in [0.2, 0.25) is 0 Å². The zero-order chi connectivity index (χ0) is 12.7. The molecule has 92 valence electrons. The molecule has 0 fully saturated rings. The molecule has 2 heterocycles. The summed E-state index contributed by atoms with van der Waals surface area (Å²) in [6, 6.07) is 6.16. The van der Waals surface area contributed by atoms with Gasteiger partial charge in [0.1, 0.15) is 5.82 Å². The minimum atomic E-state index is 0.455. The van der Waals surface area contributed by atoms with Crippen molar-refractivity contribution in [3.8, 4) is 11.3 Å². The molecule has 0 saturated carbocycles. The number of imidazole rings is 2. The van der Waals surface area contributed by atoms with Crippen molar-refractivity contribution in [3.63, 3.8) is 0 Å². The average molecular weight is 241 g/mol. The number of benzene rings is 1. The molecule has 0 amide bonds. The first-order valence-electron chi connectivity index (χ1n) is 5.86. The van der Waals surface area contributed by atoms with E-state index in [2.05, 4.69) is 27.1 Å². The fourth-order valence-electron chi connectivity index (χ4n) is 2.21. The van der Waals surface area contributed by atoms with Crippen molar-refractivity contribution in [1.29, 1.82) is 0 Å². The third kappa shape index (κ3) is 1.60. The van der Waals surface area contributed by atoms with E-state index in [0.29, 0.717) is 6.54 Å². The SMILES string of the molecule is Cc1nc(-c2ccc3c(c2)ncn3C)c(CN)[nH]1. The topological polar surface area (TPSA) is 72.5 Å². The van der Waals surface area contributed by atoms with Gasteiger partial charge in [0.2, 0.25) is 0 Å². The molecule has 2 aromatic heterocycles. The second kappa shape index (κ2) is 3.96. The number of nitrogens with two attached hydrogens (primary N) is 1. The Kier molecular flexibility index (Phi) is 2.41. The summed E-state index contributed by atoms with van der Waals surface area (Å²) in [6.45, 7) is 2.39. The van der Waals surface area contributed by atoms with E-state index in [4.69, 9.17) is 5.73 Å². The number of aryl methyl sites for hydroxylation is 2. The van der Waals surface area contributed by atoms with E-state index in [1.807, 2.05) is 30.9 Å². The van der Waals surface area contributed by atoms with E-state index in [9.17, 15) is 0 Å². The summed E-state index contributed by atoms with van der Waals surface area (Å²) >= 11 is 0. The van der Waals surface area contributed by atoms with Gasteiger partial charge < -0.3 is 15.3 Å². The molecule has 5 nitrogen and oxygen atoms in total. The fraction of sp³-hybridized carbons (Fsp3) is 0.231. The Morgan fingerprint density at radius 3 is 3.00 bits per heavy atom. The zero-order valence-electron chi connectivity index (χ0n) is 10.4. The van der Waals surface area contributed by atoms with Crippen molar-refractivity contribution < 1.29 is 0 Å². The van der Waals surface area contributed by atoms with Crippen LogP contribution in [0, 0.1) is 6.92 Å². The largest absolute Gasteiger partial charge is 0.345 e. The van der Waals surface area contributed by atoms with Gasteiger partial charge >= 0.3 is 0 Å². The molecule has 0 aliphatic rings. The predicted molar refractivity (Wildman–Crippen MR) is 70.9 cm³/mol. The highest BCUT2D eigenvalue weighted by Gasteiger charge is 2.10. The van der Waals surface area contributed by atoms with Gasteiger partial charge in [-0.3, -0.25) is 0 Å². The lowest BCUT2D eigenvalue weighted by Crippen LogP contribution is -1.98. The minimum Gasteiger partial charge on any atom is -0.345 e. The zero-order valence-corrected chi connectivity index (χ0v) is 10.4. The van der Waals surface area contributed by atoms with Crippen molar-refractivity contribution in [2.45, 2.75) is 13.5 Å². The smallest absolute Gasteiger partial charge is 0.103 e. The Morgan fingerprint density at radius 2 is 2.22 bits per heavy atom. The van der Waals surface area contributed by atoms with E-state index in [0.717, 1.165) is 33.8 Å². The maximum absolute atomic E-state index is 5.73. The maximum Gasteiger partial charge on any atom is 0.103 e. The van der Waals surface area contributed by atoms with Gasteiger partial charge in [0.05, 0.1) is 28.7 Å². The van der Waals surface area contributed by atoms with E-state index in [-0.39, 0.29) is 0 Å². The van der Waals surface area contributed by atoms with Crippen LogP contribution in [0.25, 0.3) is 22.3 Å². The molecule has 0 saturated heterocycles. The Labute approximate surface area is 105 Å². The van der Waals surface area contributed by atoms with Crippen LogP contribution in [0.4, 0.5) is 0 Å². The van der Waals surface area contributed by atoms with Crippen LogP contribution in [0.3, 0.4) is 0 Å². The van der Waals surface area contributed by atoms with E-state index >= 15 is 0 Å². The van der Waals surface area contributed by atoms with E-state index in [1.165, 1.54) is 0 Å². The number of hydrogen-bond acceptors (Lipinski definition) is 3. The highest BCUT2D eigenvalue weighted by molar-refractivity contribution is 5.81. The van der Waals surface area contributed by atoms with Gasteiger partial charge in [-0.25, -0.2) is 9.97 Å².